The normalized spacial score (nSPS) is 12.8. The lowest BCUT2D eigenvalue weighted by atomic mass is 10.0. The number of carbonyl (C=O) groups excluding carboxylic acids is 2. The van der Waals surface area contributed by atoms with Crippen LogP contribution in [0.4, 0.5) is 0 Å². The molecule has 0 aromatic carbocycles. The molecule has 0 aromatic rings. The van der Waals surface area contributed by atoms with Gasteiger partial charge < -0.3 is 20.3 Å². The Morgan fingerprint density at radius 1 is 0.474 bits per heavy atom. The zero-order chi connectivity index (χ0) is 41.5. The van der Waals surface area contributed by atoms with Crippen molar-refractivity contribution in [3.63, 3.8) is 0 Å². The van der Waals surface area contributed by atoms with Gasteiger partial charge in [-0.2, -0.15) is 0 Å². The van der Waals surface area contributed by atoms with E-state index >= 15 is 0 Å². The molecule has 0 fully saturated rings. The second kappa shape index (κ2) is 47.0. The lowest BCUT2D eigenvalue weighted by molar-refractivity contribution is -0.143. The molecule has 2 atom stereocenters. The van der Waals surface area contributed by atoms with Gasteiger partial charge in [-0.05, 0) is 57.8 Å². The van der Waals surface area contributed by atoms with Crippen LogP contribution in [0.25, 0.3) is 0 Å². The number of nitrogens with one attached hydrogen (secondary N) is 1. The van der Waals surface area contributed by atoms with Crippen LogP contribution in [0.1, 0.15) is 264 Å². The molecule has 0 bridgehead atoms. The summed E-state index contributed by atoms with van der Waals surface area (Å²) in [6.07, 6.45) is 54.7. The smallest absolute Gasteiger partial charge is 0.305 e. The SMILES string of the molecule is CCCCCCCCC/C=C/C(O)C(CO)NC(=O)CCCCCCCCC/C=C\CCCCCCOC(=O)CCCCCCCCCCCCCCCCCC. The summed E-state index contributed by atoms with van der Waals surface area (Å²) in [5.74, 6) is -0.0948. The minimum absolute atomic E-state index is 0.00857. The van der Waals surface area contributed by atoms with Gasteiger partial charge in [-0.3, -0.25) is 9.59 Å². The minimum atomic E-state index is -0.851. The van der Waals surface area contributed by atoms with Gasteiger partial charge in [0.25, 0.3) is 0 Å². The van der Waals surface area contributed by atoms with Crippen molar-refractivity contribution >= 4 is 11.9 Å². The summed E-state index contributed by atoms with van der Waals surface area (Å²) >= 11 is 0. The Morgan fingerprint density at radius 2 is 0.825 bits per heavy atom. The van der Waals surface area contributed by atoms with E-state index in [9.17, 15) is 19.8 Å². The molecule has 0 aromatic heterocycles. The van der Waals surface area contributed by atoms with Crippen LogP contribution in [0.15, 0.2) is 24.3 Å². The van der Waals surface area contributed by atoms with Crippen molar-refractivity contribution in [2.75, 3.05) is 13.2 Å². The molecular formula is C51H97NO5. The van der Waals surface area contributed by atoms with E-state index in [1.165, 1.54) is 167 Å². The molecule has 1 amide bonds. The summed E-state index contributed by atoms with van der Waals surface area (Å²) in [4.78, 5) is 24.4. The number of amides is 1. The van der Waals surface area contributed by atoms with E-state index in [0.29, 0.717) is 19.4 Å². The molecular weight excluding hydrogens is 707 g/mol. The number of aliphatic hydroxyl groups excluding tert-OH is 2. The van der Waals surface area contributed by atoms with Gasteiger partial charge in [-0.15, -0.1) is 0 Å². The number of ether oxygens (including phenoxy) is 1. The maximum atomic E-state index is 12.3. The predicted molar refractivity (Wildman–Crippen MR) is 246 cm³/mol. The molecule has 3 N–H and O–H groups in total. The van der Waals surface area contributed by atoms with Gasteiger partial charge in [0.2, 0.25) is 5.91 Å². The Balaban J connectivity index is 3.45. The van der Waals surface area contributed by atoms with Crippen molar-refractivity contribution in [3.8, 4) is 0 Å². The van der Waals surface area contributed by atoms with E-state index in [2.05, 4.69) is 31.3 Å². The van der Waals surface area contributed by atoms with Crippen LogP contribution in [-0.2, 0) is 14.3 Å². The number of rotatable bonds is 46. The van der Waals surface area contributed by atoms with Crippen LogP contribution in [-0.4, -0.2) is 47.4 Å². The largest absolute Gasteiger partial charge is 0.466 e. The average Bonchev–Trinajstić information content (AvgIpc) is 3.21. The predicted octanol–water partition coefficient (Wildman–Crippen LogP) is 14.7. The van der Waals surface area contributed by atoms with Crippen LogP contribution in [0.5, 0.6) is 0 Å². The quantitative estimate of drug-likeness (QED) is 0.0324. The van der Waals surface area contributed by atoms with E-state index in [1.54, 1.807) is 6.08 Å². The summed E-state index contributed by atoms with van der Waals surface area (Å²) in [6, 6.07) is -0.636. The molecule has 0 radical (unpaired) electrons. The number of carbonyl (C=O) groups is 2. The fourth-order valence-corrected chi connectivity index (χ4v) is 7.57. The second-order valence-corrected chi connectivity index (χ2v) is 17.1. The van der Waals surface area contributed by atoms with Crippen LogP contribution >= 0.6 is 0 Å². The van der Waals surface area contributed by atoms with Crippen molar-refractivity contribution in [1.29, 1.82) is 0 Å². The average molecular weight is 804 g/mol. The first-order chi connectivity index (χ1) is 28.0. The minimum Gasteiger partial charge on any atom is -0.466 e. The number of aliphatic hydroxyl groups is 2. The molecule has 0 rings (SSSR count). The number of hydrogen-bond acceptors (Lipinski definition) is 5. The Bertz CT molecular complexity index is 889. The highest BCUT2D eigenvalue weighted by Gasteiger charge is 2.18. The summed E-state index contributed by atoms with van der Waals surface area (Å²) in [5, 5.41) is 22.9. The molecule has 6 heteroatoms. The molecule has 0 aliphatic carbocycles. The first kappa shape index (κ1) is 55.3. The topological polar surface area (TPSA) is 95.9 Å². The Morgan fingerprint density at radius 3 is 1.25 bits per heavy atom. The summed E-state index contributed by atoms with van der Waals surface area (Å²) in [6.45, 7) is 4.84. The van der Waals surface area contributed by atoms with E-state index in [0.717, 1.165) is 70.6 Å². The third-order valence-corrected chi connectivity index (χ3v) is 11.5. The van der Waals surface area contributed by atoms with Gasteiger partial charge in [0.1, 0.15) is 0 Å². The molecule has 336 valence electrons. The number of unbranched alkanes of at least 4 members (excludes halogenated alkanes) is 33. The van der Waals surface area contributed by atoms with Crippen LogP contribution in [0.2, 0.25) is 0 Å². The summed E-state index contributed by atoms with van der Waals surface area (Å²) in [7, 11) is 0. The van der Waals surface area contributed by atoms with Crippen molar-refractivity contribution in [3.05, 3.63) is 24.3 Å². The molecule has 6 nitrogen and oxygen atoms in total. The lowest BCUT2D eigenvalue weighted by Gasteiger charge is -2.20. The first-order valence-electron chi connectivity index (χ1n) is 25.1. The molecule has 0 saturated carbocycles. The van der Waals surface area contributed by atoms with Gasteiger partial charge in [-0.1, -0.05) is 218 Å². The molecule has 0 heterocycles. The standard InChI is InChI=1S/C51H97NO5/c1-3-5-7-9-11-13-14-15-16-19-22-25-29-33-37-41-45-51(56)57-46-42-38-34-30-26-23-20-17-18-21-24-28-32-36-40-44-50(55)52-48(47-53)49(54)43-39-35-31-27-12-10-8-6-4-2/h20,23,39,43,48-49,53-54H,3-19,21-22,24-38,40-42,44-47H2,1-2H3,(H,52,55)/b23-20-,43-39+. The number of esters is 1. The van der Waals surface area contributed by atoms with Crippen molar-refractivity contribution in [1.82, 2.24) is 5.32 Å². The highest BCUT2D eigenvalue weighted by atomic mass is 16.5. The number of allylic oxidation sites excluding steroid dienone is 3. The summed E-state index contributed by atoms with van der Waals surface area (Å²) in [5.41, 5.74) is 0. The number of hydrogen-bond donors (Lipinski definition) is 3. The van der Waals surface area contributed by atoms with Gasteiger partial charge in [0, 0.05) is 12.8 Å². The molecule has 0 aliphatic rings. The molecule has 0 saturated heterocycles. The molecule has 57 heavy (non-hydrogen) atoms. The van der Waals surface area contributed by atoms with Crippen molar-refractivity contribution in [2.24, 2.45) is 0 Å². The lowest BCUT2D eigenvalue weighted by Crippen LogP contribution is -2.45. The van der Waals surface area contributed by atoms with E-state index in [-0.39, 0.29) is 18.5 Å². The molecule has 0 spiro atoms. The van der Waals surface area contributed by atoms with Crippen molar-refractivity contribution < 1.29 is 24.5 Å². The monoisotopic (exact) mass is 804 g/mol. The fraction of sp³-hybridized carbons (Fsp3) is 0.882. The first-order valence-corrected chi connectivity index (χ1v) is 25.1. The molecule has 2 unspecified atom stereocenters. The Hall–Kier alpha value is -1.66. The van der Waals surface area contributed by atoms with Crippen LogP contribution in [0.3, 0.4) is 0 Å². The van der Waals surface area contributed by atoms with Crippen LogP contribution in [0, 0.1) is 0 Å². The maximum absolute atomic E-state index is 12.3. The zero-order valence-electron chi connectivity index (χ0n) is 38.1. The van der Waals surface area contributed by atoms with E-state index in [4.69, 9.17) is 4.74 Å². The van der Waals surface area contributed by atoms with Crippen molar-refractivity contribution in [2.45, 2.75) is 276 Å². The van der Waals surface area contributed by atoms with E-state index < -0.39 is 12.1 Å². The van der Waals surface area contributed by atoms with Gasteiger partial charge in [-0.25, -0.2) is 0 Å². The highest BCUT2D eigenvalue weighted by Crippen LogP contribution is 2.15. The Labute approximate surface area is 354 Å². The van der Waals surface area contributed by atoms with Gasteiger partial charge in [0.15, 0.2) is 0 Å². The van der Waals surface area contributed by atoms with Gasteiger partial charge >= 0.3 is 5.97 Å². The van der Waals surface area contributed by atoms with Gasteiger partial charge in [0.05, 0.1) is 25.4 Å². The maximum Gasteiger partial charge on any atom is 0.305 e. The third kappa shape index (κ3) is 43.7. The van der Waals surface area contributed by atoms with Crippen LogP contribution < -0.4 is 5.32 Å². The fourth-order valence-electron chi connectivity index (χ4n) is 7.57. The third-order valence-electron chi connectivity index (χ3n) is 11.5. The van der Waals surface area contributed by atoms with E-state index in [1.807, 2.05) is 6.08 Å². The second-order valence-electron chi connectivity index (χ2n) is 17.1. The highest BCUT2D eigenvalue weighted by molar-refractivity contribution is 5.76. The molecule has 0 aliphatic heterocycles. The summed E-state index contributed by atoms with van der Waals surface area (Å²) < 4.78 is 5.46. The zero-order valence-corrected chi connectivity index (χ0v) is 38.1. The Kier molecular flexibility index (Phi) is 45.7.